The van der Waals surface area contributed by atoms with Crippen LogP contribution in [0.3, 0.4) is 0 Å². The first-order valence-electron chi connectivity index (χ1n) is 4.74. The van der Waals surface area contributed by atoms with Crippen molar-refractivity contribution >= 4 is 11.6 Å². The van der Waals surface area contributed by atoms with Crippen molar-refractivity contribution in [1.29, 1.82) is 0 Å². The van der Waals surface area contributed by atoms with Crippen molar-refractivity contribution in [1.82, 2.24) is 9.88 Å². The minimum absolute atomic E-state index is 0.104. The molecule has 0 aliphatic carbocycles. The molecule has 5 nitrogen and oxygen atoms in total. The van der Waals surface area contributed by atoms with Gasteiger partial charge in [-0.15, -0.1) is 0 Å². The third-order valence-corrected chi connectivity index (χ3v) is 1.78. The first-order chi connectivity index (χ1) is 6.99. The Bertz CT molecular complexity index is 409. The number of nitrogen functional groups attached to an aromatic ring is 1. The summed E-state index contributed by atoms with van der Waals surface area (Å²) in [6.07, 6.45) is 3.00. The highest BCUT2D eigenvalue weighted by atomic mass is 16.2. The standard InChI is InChI=1S/C10H15N3O2/c1-7(2)12-10(15)6-13-4-3-9(14)8(11)5-13/h3-5,7H,6,11H2,1-2H3,(H,12,15). The molecule has 1 amide bonds. The predicted octanol–water partition coefficient (Wildman–Crippen LogP) is -0.0449. The van der Waals surface area contributed by atoms with Crippen LogP contribution in [0.25, 0.3) is 0 Å². The Morgan fingerprint density at radius 2 is 2.27 bits per heavy atom. The van der Waals surface area contributed by atoms with Crippen LogP contribution < -0.4 is 16.5 Å². The van der Waals surface area contributed by atoms with E-state index in [1.165, 1.54) is 12.3 Å². The fraction of sp³-hybridized carbons (Fsp3) is 0.400. The third-order valence-electron chi connectivity index (χ3n) is 1.78. The highest BCUT2D eigenvalue weighted by Gasteiger charge is 2.03. The van der Waals surface area contributed by atoms with Gasteiger partial charge in [-0.1, -0.05) is 0 Å². The summed E-state index contributed by atoms with van der Waals surface area (Å²) in [5.74, 6) is -0.104. The Hall–Kier alpha value is -1.78. The topological polar surface area (TPSA) is 77.1 Å². The number of hydrogen-bond acceptors (Lipinski definition) is 3. The summed E-state index contributed by atoms with van der Waals surface area (Å²) < 4.78 is 1.58. The molecule has 0 spiro atoms. The number of amides is 1. The number of carbonyl (C=O) groups excluding carboxylic acids is 1. The van der Waals surface area contributed by atoms with Crippen LogP contribution in [0, 0.1) is 0 Å². The van der Waals surface area contributed by atoms with E-state index in [0.29, 0.717) is 0 Å². The molecule has 0 atom stereocenters. The van der Waals surface area contributed by atoms with Gasteiger partial charge in [-0.3, -0.25) is 9.59 Å². The smallest absolute Gasteiger partial charge is 0.240 e. The van der Waals surface area contributed by atoms with Gasteiger partial charge < -0.3 is 15.6 Å². The summed E-state index contributed by atoms with van der Waals surface area (Å²) in [4.78, 5) is 22.4. The second-order valence-electron chi connectivity index (χ2n) is 3.66. The zero-order valence-corrected chi connectivity index (χ0v) is 8.86. The van der Waals surface area contributed by atoms with Crippen molar-refractivity contribution in [2.45, 2.75) is 26.4 Å². The number of anilines is 1. The first-order valence-corrected chi connectivity index (χ1v) is 4.74. The molecule has 0 unspecified atom stereocenters. The van der Waals surface area contributed by atoms with Gasteiger partial charge in [0.2, 0.25) is 11.3 Å². The molecule has 1 aromatic rings. The van der Waals surface area contributed by atoms with Crippen molar-refractivity contribution in [2.24, 2.45) is 0 Å². The summed E-state index contributed by atoms with van der Waals surface area (Å²) in [5.41, 5.74) is 5.35. The second kappa shape index (κ2) is 4.63. The fourth-order valence-corrected chi connectivity index (χ4v) is 1.18. The molecule has 1 rings (SSSR count). The van der Waals surface area contributed by atoms with Crippen LogP contribution in [0.2, 0.25) is 0 Å². The van der Waals surface area contributed by atoms with Crippen molar-refractivity contribution in [2.75, 3.05) is 5.73 Å². The molecule has 0 aliphatic rings. The van der Waals surface area contributed by atoms with E-state index in [1.807, 2.05) is 13.8 Å². The monoisotopic (exact) mass is 209 g/mol. The van der Waals surface area contributed by atoms with Crippen LogP contribution in [0.15, 0.2) is 23.3 Å². The second-order valence-corrected chi connectivity index (χ2v) is 3.66. The number of nitrogens with zero attached hydrogens (tertiary/aromatic N) is 1. The van der Waals surface area contributed by atoms with Crippen molar-refractivity contribution in [3.63, 3.8) is 0 Å². The van der Waals surface area contributed by atoms with Gasteiger partial charge in [-0.2, -0.15) is 0 Å². The average molecular weight is 209 g/mol. The Morgan fingerprint density at radius 3 is 2.80 bits per heavy atom. The van der Waals surface area contributed by atoms with Gasteiger partial charge in [0.25, 0.3) is 0 Å². The Kier molecular flexibility index (Phi) is 3.49. The van der Waals surface area contributed by atoms with Crippen LogP contribution in [-0.2, 0) is 11.3 Å². The maximum Gasteiger partial charge on any atom is 0.240 e. The van der Waals surface area contributed by atoms with Gasteiger partial charge in [-0.25, -0.2) is 0 Å². The molecule has 1 heterocycles. The lowest BCUT2D eigenvalue weighted by molar-refractivity contribution is -0.122. The van der Waals surface area contributed by atoms with E-state index in [-0.39, 0.29) is 29.6 Å². The van der Waals surface area contributed by atoms with Crippen LogP contribution in [0.4, 0.5) is 5.69 Å². The van der Waals surface area contributed by atoms with Crippen molar-refractivity contribution in [3.8, 4) is 0 Å². The fourth-order valence-electron chi connectivity index (χ4n) is 1.18. The number of nitrogens with two attached hydrogens (primary N) is 1. The molecule has 15 heavy (non-hydrogen) atoms. The van der Waals surface area contributed by atoms with Crippen LogP contribution in [-0.4, -0.2) is 16.5 Å². The lowest BCUT2D eigenvalue weighted by atomic mass is 10.3. The zero-order chi connectivity index (χ0) is 11.4. The van der Waals surface area contributed by atoms with E-state index in [0.717, 1.165) is 0 Å². The maximum absolute atomic E-state index is 11.4. The highest BCUT2D eigenvalue weighted by molar-refractivity contribution is 5.76. The van der Waals surface area contributed by atoms with Gasteiger partial charge >= 0.3 is 0 Å². The first kappa shape index (κ1) is 11.3. The Labute approximate surface area is 87.9 Å². The summed E-state index contributed by atoms with van der Waals surface area (Å²) in [6, 6.07) is 1.45. The van der Waals surface area contributed by atoms with Crippen molar-refractivity contribution < 1.29 is 4.79 Å². The molecular formula is C10H15N3O2. The molecule has 0 aliphatic heterocycles. The molecule has 0 fully saturated rings. The quantitative estimate of drug-likeness (QED) is 0.733. The number of hydrogen-bond donors (Lipinski definition) is 2. The average Bonchev–Trinajstić information content (AvgIpc) is 2.10. The lowest BCUT2D eigenvalue weighted by Gasteiger charge is -2.10. The molecular weight excluding hydrogens is 194 g/mol. The predicted molar refractivity (Wildman–Crippen MR) is 58.4 cm³/mol. The SMILES string of the molecule is CC(C)NC(=O)Cn1ccc(=O)c(N)c1. The molecule has 0 bridgehead atoms. The molecule has 0 saturated carbocycles. The van der Waals surface area contributed by atoms with E-state index in [1.54, 1.807) is 10.8 Å². The molecule has 0 saturated heterocycles. The van der Waals surface area contributed by atoms with Crippen LogP contribution >= 0.6 is 0 Å². The number of nitrogens with one attached hydrogen (secondary N) is 1. The summed E-state index contributed by atoms with van der Waals surface area (Å²) >= 11 is 0. The number of carbonyl (C=O) groups is 1. The zero-order valence-electron chi connectivity index (χ0n) is 8.86. The molecule has 0 radical (unpaired) electrons. The van der Waals surface area contributed by atoms with Crippen LogP contribution in [0.5, 0.6) is 0 Å². The van der Waals surface area contributed by atoms with E-state index >= 15 is 0 Å². The summed E-state index contributed by atoms with van der Waals surface area (Å²) in [7, 11) is 0. The molecule has 5 heteroatoms. The highest BCUT2D eigenvalue weighted by Crippen LogP contribution is 1.93. The number of aromatic nitrogens is 1. The Morgan fingerprint density at radius 1 is 1.60 bits per heavy atom. The minimum atomic E-state index is -0.226. The largest absolute Gasteiger partial charge is 0.394 e. The number of pyridine rings is 1. The molecule has 1 aromatic heterocycles. The summed E-state index contributed by atoms with van der Waals surface area (Å²) in [6.45, 7) is 3.94. The minimum Gasteiger partial charge on any atom is -0.394 e. The van der Waals surface area contributed by atoms with Gasteiger partial charge in [0.15, 0.2) is 0 Å². The summed E-state index contributed by atoms with van der Waals surface area (Å²) in [5, 5.41) is 2.75. The number of rotatable bonds is 3. The van der Waals surface area contributed by atoms with E-state index < -0.39 is 0 Å². The molecule has 3 N–H and O–H groups in total. The van der Waals surface area contributed by atoms with Gasteiger partial charge in [0, 0.05) is 24.5 Å². The van der Waals surface area contributed by atoms with Crippen molar-refractivity contribution in [3.05, 3.63) is 28.7 Å². The van der Waals surface area contributed by atoms with Gasteiger partial charge in [-0.05, 0) is 13.8 Å². The lowest BCUT2D eigenvalue weighted by Crippen LogP contribution is -2.33. The van der Waals surface area contributed by atoms with E-state index in [9.17, 15) is 9.59 Å². The molecule has 82 valence electrons. The van der Waals surface area contributed by atoms with Gasteiger partial charge in [0.1, 0.15) is 6.54 Å². The Balaban J connectivity index is 2.69. The normalized spacial score (nSPS) is 10.3. The molecule has 0 aromatic carbocycles. The van der Waals surface area contributed by atoms with Crippen LogP contribution in [0.1, 0.15) is 13.8 Å². The van der Waals surface area contributed by atoms with Gasteiger partial charge in [0.05, 0.1) is 5.69 Å². The maximum atomic E-state index is 11.4. The van der Waals surface area contributed by atoms with E-state index in [4.69, 9.17) is 5.73 Å². The third kappa shape index (κ3) is 3.46. The van der Waals surface area contributed by atoms with E-state index in [2.05, 4.69) is 5.32 Å².